The number of anilines is 2. The summed E-state index contributed by atoms with van der Waals surface area (Å²) in [6, 6.07) is 17.9. The van der Waals surface area contributed by atoms with Crippen molar-refractivity contribution in [2.75, 3.05) is 23.9 Å². The van der Waals surface area contributed by atoms with Crippen molar-refractivity contribution in [3.05, 3.63) is 66.4 Å². The molecule has 0 bridgehead atoms. The molecule has 1 aliphatic heterocycles. The standard InChI is InChI=1S/C17H16N2O/c1-18(13-8-4-3-5-9-13)12-15-14-10-6-7-11-16(14)19(2)17(15)20/h3-12H,1-2H3/b15-12-. The normalized spacial score (nSPS) is 15.6. The Labute approximate surface area is 118 Å². The van der Waals surface area contributed by atoms with Gasteiger partial charge in [0.15, 0.2) is 0 Å². The van der Waals surface area contributed by atoms with E-state index in [0.29, 0.717) is 0 Å². The molecule has 0 spiro atoms. The lowest BCUT2D eigenvalue weighted by Crippen LogP contribution is -2.21. The lowest BCUT2D eigenvalue weighted by molar-refractivity contribution is -0.112. The van der Waals surface area contributed by atoms with Crippen LogP contribution >= 0.6 is 0 Å². The zero-order chi connectivity index (χ0) is 14.1. The minimum atomic E-state index is 0.0361. The molecule has 0 atom stereocenters. The van der Waals surface area contributed by atoms with E-state index in [1.165, 1.54) is 0 Å². The molecule has 1 aliphatic rings. The number of hydrogen-bond acceptors (Lipinski definition) is 2. The lowest BCUT2D eigenvalue weighted by atomic mass is 10.1. The summed E-state index contributed by atoms with van der Waals surface area (Å²) < 4.78 is 0. The molecule has 0 aromatic heterocycles. The molecule has 0 unspecified atom stereocenters. The van der Waals surface area contributed by atoms with Crippen molar-refractivity contribution in [2.24, 2.45) is 0 Å². The first-order chi connectivity index (χ1) is 9.68. The van der Waals surface area contributed by atoms with Crippen molar-refractivity contribution < 1.29 is 4.79 Å². The van der Waals surface area contributed by atoms with Crippen molar-refractivity contribution >= 4 is 22.9 Å². The largest absolute Gasteiger partial charge is 0.350 e. The number of nitrogens with zero attached hydrogens (tertiary/aromatic N) is 2. The van der Waals surface area contributed by atoms with Crippen molar-refractivity contribution in [1.82, 2.24) is 0 Å². The second-order valence-electron chi connectivity index (χ2n) is 4.87. The fraction of sp³-hybridized carbons (Fsp3) is 0.118. The molecular formula is C17H16N2O. The van der Waals surface area contributed by atoms with Crippen LogP contribution in [-0.4, -0.2) is 20.0 Å². The average Bonchev–Trinajstić information content (AvgIpc) is 2.74. The highest BCUT2D eigenvalue weighted by Crippen LogP contribution is 2.35. The van der Waals surface area contributed by atoms with Gasteiger partial charge in [0.05, 0.1) is 11.3 Å². The van der Waals surface area contributed by atoms with Gasteiger partial charge in [-0.3, -0.25) is 4.79 Å². The summed E-state index contributed by atoms with van der Waals surface area (Å²) in [6.45, 7) is 0. The number of carbonyl (C=O) groups excluding carboxylic acids is 1. The van der Waals surface area contributed by atoms with E-state index in [2.05, 4.69) is 0 Å². The molecule has 0 aliphatic carbocycles. The summed E-state index contributed by atoms with van der Waals surface area (Å²) in [4.78, 5) is 16.0. The lowest BCUT2D eigenvalue weighted by Gasteiger charge is -2.15. The molecule has 0 fully saturated rings. The van der Waals surface area contributed by atoms with E-state index in [1.54, 1.807) is 4.90 Å². The molecule has 0 saturated carbocycles. The fourth-order valence-electron chi connectivity index (χ4n) is 2.46. The first-order valence-electron chi connectivity index (χ1n) is 6.55. The average molecular weight is 264 g/mol. The van der Waals surface area contributed by atoms with Gasteiger partial charge in [-0.15, -0.1) is 0 Å². The molecule has 0 N–H and O–H groups in total. The predicted octanol–water partition coefficient (Wildman–Crippen LogP) is 3.14. The van der Waals surface area contributed by atoms with Crippen LogP contribution in [0, 0.1) is 0 Å². The van der Waals surface area contributed by atoms with Crippen LogP contribution in [0.5, 0.6) is 0 Å². The molecule has 20 heavy (non-hydrogen) atoms. The molecule has 0 radical (unpaired) electrons. The van der Waals surface area contributed by atoms with Crippen LogP contribution in [0.1, 0.15) is 5.56 Å². The minimum Gasteiger partial charge on any atom is -0.350 e. The number of fused-ring (bicyclic) bond motifs is 1. The number of amides is 1. The van der Waals surface area contributed by atoms with E-state index in [9.17, 15) is 4.79 Å². The third-order valence-corrected chi connectivity index (χ3v) is 3.58. The van der Waals surface area contributed by atoms with E-state index >= 15 is 0 Å². The summed E-state index contributed by atoms with van der Waals surface area (Å²) in [7, 11) is 3.76. The van der Waals surface area contributed by atoms with Crippen LogP contribution in [-0.2, 0) is 4.79 Å². The van der Waals surface area contributed by atoms with Gasteiger partial charge in [-0.2, -0.15) is 0 Å². The second-order valence-corrected chi connectivity index (χ2v) is 4.87. The first-order valence-corrected chi connectivity index (χ1v) is 6.55. The fourth-order valence-corrected chi connectivity index (χ4v) is 2.46. The van der Waals surface area contributed by atoms with E-state index in [0.717, 1.165) is 22.5 Å². The number of para-hydroxylation sites is 2. The Bertz CT molecular complexity index is 676. The molecule has 3 nitrogen and oxygen atoms in total. The highest BCUT2D eigenvalue weighted by Gasteiger charge is 2.29. The molecule has 100 valence electrons. The molecule has 2 aromatic rings. The Morgan fingerprint density at radius 2 is 1.65 bits per heavy atom. The first kappa shape index (κ1) is 12.5. The minimum absolute atomic E-state index is 0.0361. The molecule has 1 amide bonds. The smallest absolute Gasteiger partial charge is 0.260 e. The molecular weight excluding hydrogens is 248 g/mol. The van der Waals surface area contributed by atoms with E-state index < -0.39 is 0 Å². The molecule has 3 rings (SSSR count). The number of benzene rings is 2. The Balaban J connectivity index is 2.02. The van der Waals surface area contributed by atoms with Crippen LogP contribution in [0.3, 0.4) is 0 Å². The van der Waals surface area contributed by atoms with Crippen molar-refractivity contribution in [3.63, 3.8) is 0 Å². The van der Waals surface area contributed by atoms with Crippen molar-refractivity contribution in [2.45, 2.75) is 0 Å². The molecule has 1 heterocycles. The van der Waals surface area contributed by atoms with E-state index in [4.69, 9.17) is 0 Å². The maximum atomic E-state index is 12.4. The third kappa shape index (κ3) is 1.97. The maximum Gasteiger partial charge on any atom is 0.260 e. The Morgan fingerprint density at radius 1 is 1.00 bits per heavy atom. The third-order valence-electron chi connectivity index (χ3n) is 3.58. The maximum absolute atomic E-state index is 12.4. The topological polar surface area (TPSA) is 23.6 Å². The van der Waals surface area contributed by atoms with E-state index in [1.807, 2.05) is 79.8 Å². The molecule has 3 heteroatoms. The Morgan fingerprint density at radius 3 is 2.40 bits per heavy atom. The van der Waals surface area contributed by atoms with Gasteiger partial charge in [0.2, 0.25) is 0 Å². The van der Waals surface area contributed by atoms with Crippen molar-refractivity contribution in [3.8, 4) is 0 Å². The van der Waals surface area contributed by atoms with Crippen LogP contribution in [0.15, 0.2) is 60.8 Å². The van der Waals surface area contributed by atoms with Crippen LogP contribution < -0.4 is 9.80 Å². The van der Waals surface area contributed by atoms with Gasteiger partial charge in [0, 0.05) is 31.5 Å². The molecule has 0 saturated heterocycles. The van der Waals surface area contributed by atoms with Crippen molar-refractivity contribution in [1.29, 1.82) is 0 Å². The van der Waals surface area contributed by atoms with Gasteiger partial charge in [-0.1, -0.05) is 36.4 Å². The van der Waals surface area contributed by atoms with Crippen LogP contribution in [0.2, 0.25) is 0 Å². The summed E-state index contributed by atoms with van der Waals surface area (Å²) in [5, 5.41) is 0. The summed E-state index contributed by atoms with van der Waals surface area (Å²) >= 11 is 0. The van der Waals surface area contributed by atoms with Crippen LogP contribution in [0.25, 0.3) is 5.57 Å². The monoisotopic (exact) mass is 264 g/mol. The number of carbonyl (C=O) groups is 1. The SMILES string of the molecule is CN(/C=C1\C(=O)N(C)c2ccccc21)c1ccccc1. The zero-order valence-corrected chi connectivity index (χ0v) is 11.6. The number of hydrogen-bond donors (Lipinski definition) is 0. The second kappa shape index (κ2) is 4.85. The van der Waals surface area contributed by atoms with Gasteiger partial charge in [-0.25, -0.2) is 0 Å². The Kier molecular flexibility index (Phi) is 3.03. The zero-order valence-electron chi connectivity index (χ0n) is 11.6. The molecule has 2 aromatic carbocycles. The van der Waals surface area contributed by atoms with Crippen LogP contribution in [0.4, 0.5) is 11.4 Å². The van der Waals surface area contributed by atoms with Gasteiger partial charge in [-0.05, 0) is 18.2 Å². The quantitative estimate of drug-likeness (QED) is 0.778. The van der Waals surface area contributed by atoms with Gasteiger partial charge < -0.3 is 9.80 Å². The summed E-state index contributed by atoms with van der Waals surface area (Å²) in [5.41, 5.74) is 3.74. The number of likely N-dealkylation sites (N-methyl/N-ethyl adjacent to an activating group) is 1. The highest BCUT2D eigenvalue weighted by molar-refractivity contribution is 6.32. The van der Waals surface area contributed by atoms with Gasteiger partial charge >= 0.3 is 0 Å². The summed E-state index contributed by atoms with van der Waals surface area (Å²) in [5.74, 6) is 0.0361. The van der Waals surface area contributed by atoms with Gasteiger partial charge in [0.25, 0.3) is 5.91 Å². The number of rotatable bonds is 2. The Hall–Kier alpha value is -2.55. The van der Waals surface area contributed by atoms with Gasteiger partial charge in [0.1, 0.15) is 0 Å². The highest BCUT2D eigenvalue weighted by atomic mass is 16.2. The summed E-state index contributed by atoms with van der Waals surface area (Å²) in [6.07, 6.45) is 1.90. The predicted molar refractivity (Wildman–Crippen MR) is 82.7 cm³/mol. The van der Waals surface area contributed by atoms with E-state index in [-0.39, 0.29) is 5.91 Å².